The average Bonchev–Trinajstić information content (AvgIpc) is 2.72. The standard InChI is InChI=1S/C13H14ClNO4/c1-19-11-4-2-9(14)6-8(11)7-15-10(13(17)18)3-5-12(15)16/h2,4,6,10H,3,5,7H2,1H3,(H,17,18). The molecule has 1 aliphatic rings. The van der Waals surface area contributed by atoms with E-state index in [1.807, 2.05) is 0 Å². The van der Waals surface area contributed by atoms with E-state index in [0.717, 1.165) is 0 Å². The number of carbonyl (C=O) groups excluding carboxylic acids is 1. The second kappa shape index (κ2) is 5.48. The molecule has 1 heterocycles. The van der Waals surface area contributed by atoms with Gasteiger partial charge in [-0.2, -0.15) is 0 Å². The van der Waals surface area contributed by atoms with Gasteiger partial charge in [-0.25, -0.2) is 4.79 Å². The van der Waals surface area contributed by atoms with Crippen LogP contribution < -0.4 is 4.74 Å². The highest BCUT2D eigenvalue weighted by Crippen LogP contribution is 2.28. The van der Waals surface area contributed by atoms with Crippen molar-refractivity contribution in [2.75, 3.05) is 7.11 Å². The van der Waals surface area contributed by atoms with E-state index < -0.39 is 12.0 Å². The van der Waals surface area contributed by atoms with Crippen LogP contribution in [0.15, 0.2) is 18.2 Å². The van der Waals surface area contributed by atoms with Crippen molar-refractivity contribution in [1.29, 1.82) is 0 Å². The van der Waals surface area contributed by atoms with Gasteiger partial charge in [-0.05, 0) is 24.6 Å². The molecule has 19 heavy (non-hydrogen) atoms. The third-order valence-corrected chi connectivity index (χ3v) is 3.43. The Labute approximate surface area is 115 Å². The first-order valence-corrected chi connectivity index (χ1v) is 6.25. The highest BCUT2D eigenvalue weighted by molar-refractivity contribution is 6.30. The van der Waals surface area contributed by atoms with Crippen molar-refractivity contribution in [1.82, 2.24) is 4.90 Å². The van der Waals surface area contributed by atoms with Gasteiger partial charge in [0.2, 0.25) is 5.91 Å². The summed E-state index contributed by atoms with van der Waals surface area (Å²) in [5.41, 5.74) is 0.705. The van der Waals surface area contributed by atoms with Crippen molar-refractivity contribution in [3.8, 4) is 5.75 Å². The van der Waals surface area contributed by atoms with E-state index in [9.17, 15) is 9.59 Å². The highest BCUT2D eigenvalue weighted by atomic mass is 35.5. The molecule has 1 aromatic rings. The minimum atomic E-state index is -0.980. The van der Waals surface area contributed by atoms with Crippen molar-refractivity contribution >= 4 is 23.5 Å². The molecule has 0 spiro atoms. The number of hydrogen-bond acceptors (Lipinski definition) is 3. The summed E-state index contributed by atoms with van der Waals surface area (Å²) in [6, 6.07) is 4.31. The topological polar surface area (TPSA) is 66.8 Å². The molecule has 0 aliphatic carbocycles. The number of carboxylic acids is 1. The molecular formula is C13H14ClNO4. The lowest BCUT2D eigenvalue weighted by atomic mass is 10.1. The molecule has 0 bridgehead atoms. The summed E-state index contributed by atoms with van der Waals surface area (Å²) >= 11 is 5.92. The summed E-state index contributed by atoms with van der Waals surface area (Å²) in [4.78, 5) is 24.2. The largest absolute Gasteiger partial charge is 0.496 e. The predicted octanol–water partition coefficient (Wildman–Crippen LogP) is 1.92. The molecule has 1 saturated heterocycles. The van der Waals surface area contributed by atoms with Gasteiger partial charge in [0.15, 0.2) is 0 Å². The Morgan fingerprint density at radius 2 is 2.32 bits per heavy atom. The lowest BCUT2D eigenvalue weighted by Crippen LogP contribution is -2.37. The quantitative estimate of drug-likeness (QED) is 0.917. The van der Waals surface area contributed by atoms with Crippen LogP contribution in [0.4, 0.5) is 0 Å². The van der Waals surface area contributed by atoms with Crippen LogP contribution in [0.3, 0.4) is 0 Å². The summed E-state index contributed by atoms with van der Waals surface area (Å²) in [7, 11) is 1.52. The van der Waals surface area contributed by atoms with E-state index >= 15 is 0 Å². The van der Waals surface area contributed by atoms with E-state index in [-0.39, 0.29) is 18.9 Å². The number of aliphatic carboxylic acids is 1. The van der Waals surface area contributed by atoms with E-state index in [4.69, 9.17) is 21.4 Å². The number of halogens is 1. The van der Waals surface area contributed by atoms with Gasteiger partial charge in [-0.3, -0.25) is 4.79 Å². The molecule has 0 aromatic heterocycles. The van der Waals surface area contributed by atoms with E-state index in [2.05, 4.69) is 0 Å². The molecule has 1 amide bonds. The number of methoxy groups -OCH3 is 1. The zero-order chi connectivity index (χ0) is 14.0. The Morgan fingerprint density at radius 3 is 2.95 bits per heavy atom. The maximum absolute atomic E-state index is 11.8. The van der Waals surface area contributed by atoms with Crippen LogP contribution in [0, 0.1) is 0 Å². The molecule has 0 radical (unpaired) electrons. The van der Waals surface area contributed by atoms with Crippen LogP contribution in [0.2, 0.25) is 5.02 Å². The lowest BCUT2D eigenvalue weighted by molar-refractivity contribution is -0.146. The first-order valence-electron chi connectivity index (χ1n) is 5.87. The number of benzene rings is 1. The normalized spacial score (nSPS) is 18.7. The molecule has 1 N–H and O–H groups in total. The minimum Gasteiger partial charge on any atom is -0.496 e. The first-order chi connectivity index (χ1) is 9.02. The van der Waals surface area contributed by atoms with Crippen LogP contribution in [-0.4, -0.2) is 35.0 Å². The summed E-state index contributed by atoms with van der Waals surface area (Å²) in [5.74, 6) is -0.547. The molecule has 1 unspecified atom stereocenters. The lowest BCUT2D eigenvalue weighted by Gasteiger charge is -2.22. The molecule has 1 atom stereocenters. The van der Waals surface area contributed by atoms with Crippen molar-refractivity contribution in [3.05, 3.63) is 28.8 Å². The number of ether oxygens (including phenoxy) is 1. The SMILES string of the molecule is COc1ccc(Cl)cc1CN1C(=O)CCC1C(=O)O. The Morgan fingerprint density at radius 1 is 1.58 bits per heavy atom. The Hall–Kier alpha value is -1.75. The van der Waals surface area contributed by atoms with E-state index in [1.165, 1.54) is 12.0 Å². The number of nitrogens with zero attached hydrogens (tertiary/aromatic N) is 1. The van der Waals surface area contributed by atoms with Crippen molar-refractivity contribution in [3.63, 3.8) is 0 Å². The predicted molar refractivity (Wildman–Crippen MR) is 69.2 cm³/mol. The Kier molecular flexibility index (Phi) is 3.95. The van der Waals surface area contributed by atoms with Crippen LogP contribution in [0.5, 0.6) is 5.75 Å². The zero-order valence-corrected chi connectivity index (χ0v) is 11.2. The molecule has 102 valence electrons. The molecule has 1 aromatic carbocycles. The fourth-order valence-corrected chi connectivity index (χ4v) is 2.44. The smallest absolute Gasteiger partial charge is 0.326 e. The fourth-order valence-electron chi connectivity index (χ4n) is 2.24. The van der Waals surface area contributed by atoms with Gasteiger partial charge in [-0.1, -0.05) is 11.6 Å². The maximum Gasteiger partial charge on any atom is 0.326 e. The third kappa shape index (κ3) is 2.81. The molecule has 6 heteroatoms. The second-order valence-corrected chi connectivity index (χ2v) is 4.81. The highest BCUT2D eigenvalue weighted by Gasteiger charge is 2.36. The average molecular weight is 284 g/mol. The van der Waals surface area contributed by atoms with Gasteiger partial charge in [0, 0.05) is 17.0 Å². The second-order valence-electron chi connectivity index (χ2n) is 4.37. The Bertz CT molecular complexity index is 517. The molecule has 2 rings (SSSR count). The number of hydrogen-bond donors (Lipinski definition) is 1. The summed E-state index contributed by atoms with van der Waals surface area (Å²) in [6.45, 7) is 0.194. The monoisotopic (exact) mass is 283 g/mol. The number of amides is 1. The number of carbonyl (C=O) groups is 2. The fraction of sp³-hybridized carbons (Fsp3) is 0.385. The van der Waals surface area contributed by atoms with E-state index in [1.54, 1.807) is 18.2 Å². The molecule has 1 aliphatic heterocycles. The van der Waals surface area contributed by atoms with Crippen LogP contribution in [0.1, 0.15) is 18.4 Å². The van der Waals surface area contributed by atoms with Gasteiger partial charge in [0.25, 0.3) is 0 Å². The zero-order valence-electron chi connectivity index (χ0n) is 10.4. The summed E-state index contributed by atoms with van der Waals surface area (Å²) in [5, 5.41) is 9.63. The number of carboxylic acid groups (broad SMARTS) is 1. The van der Waals surface area contributed by atoms with Crippen LogP contribution in [-0.2, 0) is 16.1 Å². The molecule has 0 saturated carbocycles. The van der Waals surface area contributed by atoms with Gasteiger partial charge < -0.3 is 14.7 Å². The van der Waals surface area contributed by atoms with Crippen molar-refractivity contribution in [2.45, 2.75) is 25.4 Å². The Balaban J connectivity index is 2.26. The first kappa shape index (κ1) is 13.7. The molecule has 1 fully saturated rings. The van der Waals surface area contributed by atoms with Gasteiger partial charge in [-0.15, -0.1) is 0 Å². The maximum atomic E-state index is 11.8. The van der Waals surface area contributed by atoms with Crippen molar-refractivity contribution in [2.24, 2.45) is 0 Å². The number of likely N-dealkylation sites (tertiary alicyclic amines) is 1. The minimum absolute atomic E-state index is 0.158. The van der Waals surface area contributed by atoms with Gasteiger partial charge >= 0.3 is 5.97 Å². The summed E-state index contributed by atoms with van der Waals surface area (Å²) in [6.07, 6.45) is 0.608. The van der Waals surface area contributed by atoms with E-state index in [0.29, 0.717) is 22.8 Å². The molecule has 5 nitrogen and oxygen atoms in total. The van der Waals surface area contributed by atoms with Gasteiger partial charge in [0.05, 0.1) is 13.7 Å². The molecular weight excluding hydrogens is 270 g/mol. The summed E-state index contributed by atoms with van der Waals surface area (Å²) < 4.78 is 5.20. The third-order valence-electron chi connectivity index (χ3n) is 3.20. The van der Waals surface area contributed by atoms with Crippen LogP contribution >= 0.6 is 11.6 Å². The van der Waals surface area contributed by atoms with Gasteiger partial charge in [0.1, 0.15) is 11.8 Å². The van der Waals surface area contributed by atoms with Crippen LogP contribution in [0.25, 0.3) is 0 Å². The van der Waals surface area contributed by atoms with Crippen molar-refractivity contribution < 1.29 is 19.4 Å². The number of rotatable bonds is 4.